The van der Waals surface area contributed by atoms with Gasteiger partial charge in [0, 0.05) is 6.42 Å². The molecule has 308 valence electrons. The molecule has 0 aromatic carbocycles. The maximum atomic E-state index is 12.0. The molecule has 52 heavy (non-hydrogen) atoms. The van der Waals surface area contributed by atoms with Crippen LogP contribution < -0.4 is 0 Å². The van der Waals surface area contributed by atoms with Crippen LogP contribution in [0.15, 0.2) is 24.3 Å². The van der Waals surface area contributed by atoms with Crippen LogP contribution in [-0.2, 0) is 9.53 Å². The third kappa shape index (κ3) is 47.0. The molecule has 0 amide bonds. The Balaban J connectivity index is 3.17. The Bertz CT molecular complexity index is 709. The van der Waals surface area contributed by atoms with Gasteiger partial charge in [0.25, 0.3) is 0 Å². The first-order valence-corrected chi connectivity index (χ1v) is 24.3. The Morgan fingerprint density at radius 3 is 0.962 bits per heavy atom. The number of hydrogen-bond acceptors (Lipinski definition) is 2. The van der Waals surface area contributed by atoms with E-state index < -0.39 is 0 Å². The van der Waals surface area contributed by atoms with Crippen molar-refractivity contribution in [2.24, 2.45) is 0 Å². The first-order valence-electron chi connectivity index (χ1n) is 24.3. The molecule has 0 spiro atoms. The lowest BCUT2D eigenvalue weighted by Crippen LogP contribution is -2.05. The normalized spacial score (nSPS) is 11.8. The van der Waals surface area contributed by atoms with Crippen LogP contribution in [-0.4, -0.2) is 12.6 Å². The summed E-state index contributed by atoms with van der Waals surface area (Å²) in [6, 6.07) is 0. The fraction of sp³-hybridized carbons (Fsp3) is 0.900. The van der Waals surface area contributed by atoms with Crippen molar-refractivity contribution in [2.45, 2.75) is 284 Å². The summed E-state index contributed by atoms with van der Waals surface area (Å²) in [5, 5.41) is 0. The molecule has 0 heterocycles. The third-order valence-corrected chi connectivity index (χ3v) is 11.1. The first kappa shape index (κ1) is 51.0. The minimum Gasteiger partial charge on any atom is -0.466 e. The number of esters is 1. The highest BCUT2D eigenvalue weighted by Crippen LogP contribution is 2.17. The van der Waals surface area contributed by atoms with Crippen molar-refractivity contribution >= 4 is 5.97 Å². The second kappa shape index (κ2) is 48.0. The van der Waals surface area contributed by atoms with E-state index in [0.717, 1.165) is 25.7 Å². The van der Waals surface area contributed by atoms with Crippen LogP contribution in [0.1, 0.15) is 284 Å². The van der Waals surface area contributed by atoms with Gasteiger partial charge in [-0.25, -0.2) is 0 Å². The Kier molecular flexibility index (Phi) is 47.0. The molecule has 0 bridgehead atoms. The van der Waals surface area contributed by atoms with Crippen molar-refractivity contribution in [1.29, 1.82) is 0 Å². The van der Waals surface area contributed by atoms with E-state index in [9.17, 15) is 4.79 Å². The summed E-state index contributed by atoms with van der Waals surface area (Å²) >= 11 is 0. The molecule has 0 atom stereocenters. The predicted molar refractivity (Wildman–Crippen MR) is 235 cm³/mol. The maximum Gasteiger partial charge on any atom is 0.305 e. The van der Waals surface area contributed by atoms with Crippen LogP contribution in [0.2, 0.25) is 0 Å². The van der Waals surface area contributed by atoms with E-state index in [-0.39, 0.29) is 5.97 Å². The zero-order valence-electron chi connectivity index (χ0n) is 36.0. The smallest absolute Gasteiger partial charge is 0.305 e. The molecule has 2 heteroatoms. The van der Waals surface area contributed by atoms with E-state index in [1.54, 1.807) is 0 Å². The molecular weight excluding hydrogens is 633 g/mol. The molecule has 0 aliphatic rings. The molecule has 0 rings (SSSR count). The highest BCUT2D eigenvalue weighted by molar-refractivity contribution is 5.69. The molecule has 0 saturated heterocycles. The molecule has 0 aliphatic heterocycles. The van der Waals surface area contributed by atoms with Gasteiger partial charge in [-0.2, -0.15) is 0 Å². The Labute approximate surface area is 329 Å². The lowest BCUT2D eigenvalue weighted by atomic mass is 10.0. The number of carbonyl (C=O) groups is 1. The van der Waals surface area contributed by atoms with Crippen LogP contribution in [0.25, 0.3) is 0 Å². The summed E-state index contributed by atoms with van der Waals surface area (Å²) in [4.78, 5) is 12.0. The van der Waals surface area contributed by atoms with Crippen LogP contribution in [0, 0.1) is 0 Å². The van der Waals surface area contributed by atoms with Crippen LogP contribution in [0.3, 0.4) is 0 Å². The largest absolute Gasteiger partial charge is 0.466 e. The van der Waals surface area contributed by atoms with Crippen LogP contribution in [0.4, 0.5) is 0 Å². The van der Waals surface area contributed by atoms with Gasteiger partial charge < -0.3 is 4.74 Å². The first-order chi connectivity index (χ1) is 25.8. The fourth-order valence-electron chi connectivity index (χ4n) is 7.46. The number of carbonyl (C=O) groups excluding carboxylic acids is 1. The fourth-order valence-corrected chi connectivity index (χ4v) is 7.46. The van der Waals surface area contributed by atoms with E-state index in [1.165, 1.54) is 238 Å². The van der Waals surface area contributed by atoms with Crippen molar-refractivity contribution in [3.63, 3.8) is 0 Å². The molecule has 0 radical (unpaired) electrons. The molecule has 2 nitrogen and oxygen atoms in total. The average Bonchev–Trinajstić information content (AvgIpc) is 3.15. The second-order valence-corrected chi connectivity index (χ2v) is 16.5. The van der Waals surface area contributed by atoms with E-state index >= 15 is 0 Å². The second-order valence-electron chi connectivity index (χ2n) is 16.5. The summed E-state index contributed by atoms with van der Waals surface area (Å²) in [5.74, 6) is 0.0149. The van der Waals surface area contributed by atoms with Crippen molar-refractivity contribution in [2.75, 3.05) is 6.61 Å². The van der Waals surface area contributed by atoms with E-state index in [4.69, 9.17) is 4.74 Å². The molecule has 0 aromatic rings. The van der Waals surface area contributed by atoms with Crippen LogP contribution >= 0.6 is 0 Å². The molecule has 0 unspecified atom stereocenters. The summed E-state index contributed by atoms with van der Waals surface area (Å²) in [5.41, 5.74) is 0. The Morgan fingerprint density at radius 2 is 0.596 bits per heavy atom. The monoisotopic (exact) mass is 729 g/mol. The summed E-state index contributed by atoms with van der Waals surface area (Å²) < 4.78 is 5.47. The number of hydrogen-bond donors (Lipinski definition) is 0. The van der Waals surface area contributed by atoms with Gasteiger partial charge in [-0.3, -0.25) is 4.79 Å². The quantitative estimate of drug-likeness (QED) is 0.0354. The van der Waals surface area contributed by atoms with Gasteiger partial charge in [0.1, 0.15) is 0 Å². The Hall–Kier alpha value is -1.05. The summed E-state index contributed by atoms with van der Waals surface area (Å²) in [7, 11) is 0. The summed E-state index contributed by atoms with van der Waals surface area (Å²) in [6.07, 6.45) is 66.0. The zero-order valence-corrected chi connectivity index (χ0v) is 36.0. The standard InChI is InChI=1S/C50H96O2/c1-3-5-7-9-11-13-15-17-19-20-21-22-23-24-25-26-27-28-29-30-31-32-33-35-37-39-41-43-45-47-49-52-50(51)48-46-44-42-40-38-36-34-18-16-14-12-10-8-6-4-2/h12,14,18,34H,3-11,13,15-17,19-33,35-49H2,1-2H3/b14-12-,34-18-. The summed E-state index contributed by atoms with van der Waals surface area (Å²) in [6.45, 7) is 5.19. The molecule has 0 saturated carbocycles. The average molecular weight is 729 g/mol. The van der Waals surface area contributed by atoms with Gasteiger partial charge in [0.2, 0.25) is 0 Å². The molecular formula is C50H96O2. The predicted octanol–water partition coefficient (Wildman–Crippen LogP) is 18.1. The highest BCUT2D eigenvalue weighted by Gasteiger charge is 2.03. The van der Waals surface area contributed by atoms with Gasteiger partial charge >= 0.3 is 5.97 Å². The van der Waals surface area contributed by atoms with Crippen LogP contribution in [0.5, 0.6) is 0 Å². The Morgan fingerprint density at radius 1 is 0.327 bits per heavy atom. The molecule has 0 N–H and O–H groups in total. The third-order valence-electron chi connectivity index (χ3n) is 11.1. The number of ether oxygens (including phenoxy) is 1. The van der Waals surface area contributed by atoms with E-state index in [0.29, 0.717) is 13.0 Å². The lowest BCUT2D eigenvalue weighted by Gasteiger charge is -2.06. The van der Waals surface area contributed by atoms with Crippen molar-refractivity contribution < 1.29 is 9.53 Å². The van der Waals surface area contributed by atoms with E-state index in [1.807, 2.05) is 0 Å². The van der Waals surface area contributed by atoms with Gasteiger partial charge in [-0.1, -0.05) is 256 Å². The minimum atomic E-state index is 0.0149. The molecule has 0 aromatic heterocycles. The number of unbranched alkanes of at least 4 members (excludes halogenated alkanes) is 37. The molecule has 0 aliphatic carbocycles. The number of allylic oxidation sites excluding steroid dienone is 4. The van der Waals surface area contributed by atoms with E-state index in [2.05, 4.69) is 38.2 Å². The minimum absolute atomic E-state index is 0.0149. The maximum absolute atomic E-state index is 12.0. The molecule has 0 fully saturated rings. The van der Waals surface area contributed by atoms with Crippen molar-refractivity contribution in [1.82, 2.24) is 0 Å². The van der Waals surface area contributed by atoms with Gasteiger partial charge in [-0.05, 0) is 44.9 Å². The highest BCUT2D eigenvalue weighted by atomic mass is 16.5. The van der Waals surface area contributed by atoms with Gasteiger partial charge in [-0.15, -0.1) is 0 Å². The van der Waals surface area contributed by atoms with Gasteiger partial charge in [0.05, 0.1) is 6.61 Å². The SMILES string of the molecule is CCCCC/C=C\C/C=C\CCCCCCCC(=O)OCCCCCCCCCCCCCCCCCCCCCCCCCCCCCCCC. The van der Waals surface area contributed by atoms with Crippen molar-refractivity contribution in [3.8, 4) is 0 Å². The topological polar surface area (TPSA) is 26.3 Å². The lowest BCUT2D eigenvalue weighted by molar-refractivity contribution is -0.143. The zero-order chi connectivity index (χ0) is 37.5. The van der Waals surface area contributed by atoms with Crippen molar-refractivity contribution in [3.05, 3.63) is 24.3 Å². The van der Waals surface area contributed by atoms with Gasteiger partial charge in [0.15, 0.2) is 0 Å². The number of rotatable bonds is 45.